The molecule has 5 heteroatoms. The van der Waals surface area contributed by atoms with Crippen molar-refractivity contribution in [2.75, 3.05) is 26.4 Å². The molecule has 0 saturated heterocycles. The lowest BCUT2D eigenvalue weighted by molar-refractivity contribution is 0.0929. The number of likely N-dealkylation sites (N-methyl/N-ethyl adjacent to an activating group) is 1. The fraction of sp³-hybridized carbons (Fsp3) is 0.562. The van der Waals surface area contributed by atoms with Gasteiger partial charge < -0.3 is 16.0 Å². The van der Waals surface area contributed by atoms with Crippen LogP contribution in [0.4, 0.5) is 5.69 Å². The monoisotopic (exact) mass is 355 g/mol. The summed E-state index contributed by atoms with van der Waals surface area (Å²) in [6, 6.07) is 5.59. The highest BCUT2D eigenvalue weighted by atomic mass is 79.9. The summed E-state index contributed by atoms with van der Waals surface area (Å²) in [6.45, 7) is 5.05. The fourth-order valence-electron chi connectivity index (χ4n) is 2.57. The molecule has 1 amide bonds. The van der Waals surface area contributed by atoms with E-state index in [4.69, 9.17) is 5.73 Å². The van der Waals surface area contributed by atoms with Gasteiger partial charge in [0.1, 0.15) is 0 Å². The largest absolute Gasteiger partial charge is 0.398 e. The quantitative estimate of drug-likeness (QED) is 0.738. The molecule has 1 unspecified atom stereocenters. The van der Waals surface area contributed by atoms with Gasteiger partial charge in [0.05, 0.1) is 0 Å². The molecule has 0 saturated carbocycles. The number of anilines is 1. The van der Waals surface area contributed by atoms with E-state index in [0.29, 0.717) is 29.8 Å². The third-order valence-electron chi connectivity index (χ3n) is 3.99. The summed E-state index contributed by atoms with van der Waals surface area (Å²) in [6.07, 6.45) is 2.23. The maximum absolute atomic E-state index is 12.2. The van der Waals surface area contributed by atoms with E-state index in [1.165, 1.54) is 0 Å². The minimum atomic E-state index is -0.0616. The van der Waals surface area contributed by atoms with Gasteiger partial charge in [-0.25, -0.2) is 0 Å². The Morgan fingerprint density at radius 2 is 1.95 bits per heavy atom. The number of nitrogen functional groups attached to an aromatic ring is 1. The van der Waals surface area contributed by atoms with Crippen molar-refractivity contribution >= 4 is 27.5 Å². The summed E-state index contributed by atoms with van der Waals surface area (Å²) in [5.74, 6) is 0.520. The molecule has 0 aliphatic heterocycles. The maximum Gasteiger partial charge on any atom is 0.251 e. The Hall–Kier alpha value is -1.07. The summed E-state index contributed by atoms with van der Waals surface area (Å²) in [5.41, 5.74) is 7.00. The maximum atomic E-state index is 12.2. The smallest absolute Gasteiger partial charge is 0.251 e. The number of nitrogens with one attached hydrogen (secondary N) is 1. The zero-order chi connectivity index (χ0) is 16.0. The first-order chi connectivity index (χ1) is 9.90. The number of halogens is 1. The summed E-state index contributed by atoms with van der Waals surface area (Å²) in [7, 11) is 4.13. The lowest BCUT2D eigenvalue weighted by Crippen LogP contribution is -2.44. The number of hydrogen-bond acceptors (Lipinski definition) is 3. The summed E-state index contributed by atoms with van der Waals surface area (Å²) in [5, 5.41) is 3.03. The zero-order valence-electron chi connectivity index (χ0n) is 13.3. The molecule has 3 N–H and O–H groups in total. The zero-order valence-corrected chi connectivity index (χ0v) is 14.9. The van der Waals surface area contributed by atoms with Gasteiger partial charge in [-0.3, -0.25) is 4.79 Å². The minimum absolute atomic E-state index is 0.0616. The molecule has 0 heterocycles. The number of carbonyl (C=O) groups excluding carboxylic acids is 1. The highest BCUT2D eigenvalue weighted by Gasteiger charge is 2.21. The predicted octanol–water partition coefficient (Wildman–Crippen LogP) is 3.13. The van der Waals surface area contributed by atoms with Crippen LogP contribution in [0.1, 0.15) is 37.0 Å². The van der Waals surface area contributed by atoms with Crippen LogP contribution in [0.15, 0.2) is 22.7 Å². The van der Waals surface area contributed by atoms with Gasteiger partial charge in [0.15, 0.2) is 0 Å². The average molecular weight is 356 g/mol. The Balaban J connectivity index is 2.71. The molecule has 1 aromatic carbocycles. The average Bonchev–Trinajstić information content (AvgIpc) is 2.45. The van der Waals surface area contributed by atoms with E-state index in [2.05, 4.69) is 54.1 Å². The number of benzene rings is 1. The van der Waals surface area contributed by atoms with Gasteiger partial charge in [-0.1, -0.05) is 26.7 Å². The van der Waals surface area contributed by atoms with Crippen molar-refractivity contribution in [2.24, 2.45) is 5.92 Å². The molecule has 0 aromatic heterocycles. The Kier molecular flexibility index (Phi) is 7.18. The van der Waals surface area contributed by atoms with Crippen molar-refractivity contribution in [1.82, 2.24) is 10.2 Å². The lowest BCUT2D eigenvalue weighted by Gasteiger charge is -2.31. The number of amides is 1. The van der Waals surface area contributed by atoms with Crippen LogP contribution < -0.4 is 11.1 Å². The van der Waals surface area contributed by atoms with Gasteiger partial charge in [-0.05, 0) is 54.1 Å². The molecule has 0 fully saturated rings. The van der Waals surface area contributed by atoms with Crippen molar-refractivity contribution < 1.29 is 4.79 Å². The fourth-order valence-corrected chi connectivity index (χ4v) is 2.95. The SMILES string of the molecule is CCC(CC)C(CNC(=O)c1ccc(N)c(Br)c1)N(C)C. The van der Waals surface area contributed by atoms with Gasteiger partial charge in [-0.2, -0.15) is 0 Å². The van der Waals surface area contributed by atoms with Gasteiger partial charge in [-0.15, -0.1) is 0 Å². The van der Waals surface area contributed by atoms with E-state index in [-0.39, 0.29) is 5.91 Å². The predicted molar refractivity (Wildman–Crippen MR) is 92.4 cm³/mol. The molecule has 1 atom stereocenters. The van der Waals surface area contributed by atoms with E-state index < -0.39 is 0 Å². The van der Waals surface area contributed by atoms with Crippen molar-refractivity contribution in [3.05, 3.63) is 28.2 Å². The van der Waals surface area contributed by atoms with Gasteiger partial charge >= 0.3 is 0 Å². The molecule has 1 aromatic rings. The molecule has 118 valence electrons. The molecular weight excluding hydrogens is 330 g/mol. The van der Waals surface area contributed by atoms with Crippen LogP contribution in [0.5, 0.6) is 0 Å². The molecule has 4 nitrogen and oxygen atoms in total. The molecule has 1 rings (SSSR count). The number of nitrogens with zero attached hydrogens (tertiary/aromatic N) is 1. The van der Waals surface area contributed by atoms with Crippen LogP contribution in [-0.2, 0) is 0 Å². The molecule has 0 spiro atoms. The van der Waals surface area contributed by atoms with Crippen molar-refractivity contribution in [3.8, 4) is 0 Å². The second-order valence-corrected chi connectivity index (χ2v) is 6.41. The molecule has 0 aliphatic rings. The third kappa shape index (κ3) is 5.00. The van der Waals surface area contributed by atoms with Crippen LogP contribution in [0, 0.1) is 5.92 Å². The van der Waals surface area contributed by atoms with Crippen molar-refractivity contribution in [2.45, 2.75) is 32.7 Å². The molecule has 21 heavy (non-hydrogen) atoms. The topological polar surface area (TPSA) is 58.4 Å². The highest BCUT2D eigenvalue weighted by Crippen LogP contribution is 2.20. The first kappa shape index (κ1) is 18.0. The van der Waals surface area contributed by atoms with Gasteiger partial charge in [0.25, 0.3) is 5.91 Å². The van der Waals surface area contributed by atoms with Crippen LogP contribution >= 0.6 is 15.9 Å². The molecular formula is C16H26BrN3O. The van der Waals surface area contributed by atoms with E-state index in [0.717, 1.165) is 17.3 Å². The van der Waals surface area contributed by atoms with Gasteiger partial charge in [0, 0.05) is 28.3 Å². The number of rotatable bonds is 7. The Labute approximate surface area is 136 Å². The van der Waals surface area contributed by atoms with Crippen LogP contribution in [-0.4, -0.2) is 37.5 Å². The molecule has 0 aliphatic carbocycles. The number of nitrogens with two attached hydrogens (primary N) is 1. The van der Waals surface area contributed by atoms with E-state index in [1.54, 1.807) is 18.2 Å². The first-order valence-corrected chi connectivity index (χ1v) is 8.19. The normalized spacial score (nSPS) is 12.7. The standard InChI is InChI=1S/C16H26BrN3O/c1-5-11(6-2)15(20(3)4)10-19-16(21)12-7-8-14(18)13(17)9-12/h7-9,11,15H,5-6,10,18H2,1-4H3,(H,19,21). The molecule has 0 bridgehead atoms. The van der Waals surface area contributed by atoms with Crippen LogP contribution in [0.3, 0.4) is 0 Å². The van der Waals surface area contributed by atoms with Gasteiger partial charge in [0.2, 0.25) is 0 Å². The second kappa shape index (κ2) is 8.39. The Morgan fingerprint density at radius 3 is 2.43 bits per heavy atom. The summed E-state index contributed by atoms with van der Waals surface area (Å²) >= 11 is 3.35. The van der Waals surface area contributed by atoms with Crippen molar-refractivity contribution in [1.29, 1.82) is 0 Å². The first-order valence-electron chi connectivity index (χ1n) is 7.40. The second-order valence-electron chi connectivity index (χ2n) is 5.55. The summed E-state index contributed by atoms with van der Waals surface area (Å²) in [4.78, 5) is 14.4. The third-order valence-corrected chi connectivity index (χ3v) is 4.68. The summed E-state index contributed by atoms with van der Waals surface area (Å²) < 4.78 is 0.749. The van der Waals surface area contributed by atoms with E-state index in [1.807, 2.05) is 0 Å². The van der Waals surface area contributed by atoms with E-state index in [9.17, 15) is 4.79 Å². The molecule has 0 radical (unpaired) electrons. The Morgan fingerprint density at radius 1 is 1.33 bits per heavy atom. The van der Waals surface area contributed by atoms with Crippen LogP contribution in [0.25, 0.3) is 0 Å². The van der Waals surface area contributed by atoms with Crippen molar-refractivity contribution in [3.63, 3.8) is 0 Å². The lowest BCUT2D eigenvalue weighted by atomic mass is 9.93. The van der Waals surface area contributed by atoms with E-state index >= 15 is 0 Å². The highest BCUT2D eigenvalue weighted by molar-refractivity contribution is 9.10. The minimum Gasteiger partial charge on any atom is -0.398 e. The van der Waals surface area contributed by atoms with Crippen LogP contribution in [0.2, 0.25) is 0 Å². The Bertz CT molecular complexity index is 473. The number of carbonyl (C=O) groups is 1. The number of hydrogen-bond donors (Lipinski definition) is 2.